The number of hydrogen-bond acceptors (Lipinski definition) is 5. The third kappa shape index (κ3) is 5.74. The van der Waals surface area contributed by atoms with Crippen LogP contribution in [0.15, 0.2) is 29.4 Å². The quantitative estimate of drug-likeness (QED) is 0.405. The number of nitrogens with one attached hydrogen (secondary N) is 2. The van der Waals surface area contributed by atoms with E-state index in [1.165, 1.54) is 4.88 Å². The maximum atomic E-state index is 5.72. The van der Waals surface area contributed by atoms with E-state index in [4.69, 9.17) is 9.47 Å². The van der Waals surface area contributed by atoms with Crippen LogP contribution in [0, 0.1) is 6.92 Å². The van der Waals surface area contributed by atoms with E-state index >= 15 is 0 Å². The van der Waals surface area contributed by atoms with Gasteiger partial charge in [-0.3, -0.25) is 4.99 Å². The van der Waals surface area contributed by atoms with Gasteiger partial charge in [-0.2, -0.15) is 0 Å². The zero-order valence-corrected chi connectivity index (χ0v) is 17.5. The number of aryl methyl sites for hydroxylation is 1. The summed E-state index contributed by atoms with van der Waals surface area (Å²) in [4.78, 5) is 9.79. The zero-order chi connectivity index (χ0) is 16.8. The van der Waals surface area contributed by atoms with Crippen LogP contribution < -0.4 is 20.1 Å². The van der Waals surface area contributed by atoms with Gasteiger partial charge in [0.25, 0.3) is 0 Å². The lowest BCUT2D eigenvalue weighted by molar-refractivity contribution is 0.297. The number of aliphatic imine (C=N–C) groups is 1. The minimum absolute atomic E-state index is 0. The van der Waals surface area contributed by atoms with Gasteiger partial charge in [-0.15, -0.1) is 35.3 Å². The molecule has 3 rings (SSSR count). The van der Waals surface area contributed by atoms with Crippen molar-refractivity contribution < 1.29 is 9.47 Å². The SMILES string of the molecule is CN=C(NCc1ccc2c(c1)OCCCO2)NCc1ncc(C)s1.I. The highest BCUT2D eigenvalue weighted by Gasteiger charge is 2.10. The first-order valence-corrected chi connectivity index (χ1v) is 8.80. The molecule has 0 radical (unpaired) electrons. The van der Waals surface area contributed by atoms with Gasteiger partial charge >= 0.3 is 0 Å². The predicted molar refractivity (Wildman–Crippen MR) is 111 cm³/mol. The Hall–Kier alpha value is -1.55. The number of rotatable bonds is 4. The fraction of sp³-hybridized carbons (Fsp3) is 0.412. The third-order valence-electron chi connectivity index (χ3n) is 3.57. The second kappa shape index (κ2) is 9.81. The second-order valence-electron chi connectivity index (χ2n) is 5.48. The average molecular weight is 474 g/mol. The topological polar surface area (TPSA) is 67.8 Å². The van der Waals surface area contributed by atoms with Crippen LogP contribution in [0.3, 0.4) is 0 Å². The maximum Gasteiger partial charge on any atom is 0.191 e. The normalized spacial score (nSPS) is 13.6. The van der Waals surface area contributed by atoms with Gasteiger partial charge in [0.15, 0.2) is 17.5 Å². The molecule has 0 fully saturated rings. The Labute approximate surface area is 169 Å². The van der Waals surface area contributed by atoms with Crippen molar-refractivity contribution in [3.8, 4) is 11.5 Å². The van der Waals surface area contributed by atoms with Gasteiger partial charge in [0.2, 0.25) is 0 Å². The Morgan fingerprint density at radius 3 is 2.68 bits per heavy atom. The van der Waals surface area contributed by atoms with Gasteiger partial charge in [-0.05, 0) is 24.6 Å². The monoisotopic (exact) mass is 474 g/mol. The lowest BCUT2D eigenvalue weighted by Crippen LogP contribution is -2.36. The molecule has 25 heavy (non-hydrogen) atoms. The molecule has 1 aromatic heterocycles. The number of ether oxygens (including phenoxy) is 2. The van der Waals surface area contributed by atoms with Crippen molar-refractivity contribution in [2.24, 2.45) is 4.99 Å². The predicted octanol–water partition coefficient (Wildman–Crippen LogP) is 3.10. The Morgan fingerprint density at radius 2 is 1.96 bits per heavy atom. The molecule has 1 aromatic carbocycles. The second-order valence-corrected chi connectivity index (χ2v) is 6.79. The molecule has 8 heteroatoms. The molecule has 0 spiro atoms. The lowest BCUT2D eigenvalue weighted by atomic mass is 10.2. The summed E-state index contributed by atoms with van der Waals surface area (Å²) in [6.45, 7) is 4.78. The van der Waals surface area contributed by atoms with Crippen LogP contribution in [0.4, 0.5) is 0 Å². The summed E-state index contributed by atoms with van der Waals surface area (Å²) in [6, 6.07) is 6.02. The molecule has 0 unspecified atom stereocenters. The number of thiazole rings is 1. The van der Waals surface area contributed by atoms with E-state index < -0.39 is 0 Å². The molecule has 0 bridgehead atoms. The van der Waals surface area contributed by atoms with Crippen molar-refractivity contribution in [2.75, 3.05) is 20.3 Å². The number of benzene rings is 1. The minimum Gasteiger partial charge on any atom is -0.490 e. The van der Waals surface area contributed by atoms with Crippen molar-refractivity contribution in [3.05, 3.63) is 39.8 Å². The molecule has 0 atom stereocenters. The summed E-state index contributed by atoms with van der Waals surface area (Å²) in [5, 5.41) is 7.62. The van der Waals surface area contributed by atoms with Gasteiger partial charge in [0.1, 0.15) is 5.01 Å². The van der Waals surface area contributed by atoms with Crippen LogP contribution in [-0.2, 0) is 13.1 Å². The Balaban J connectivity index is 0.00000225. The van der Waals surface area contributed by atoms with E-state index in [9.17, 15) is 0 Å². The summed E-state index contributed by atoms with van der Waals surface area (Å²) in [7, 11) is 1.76. The van der Waals surface area contributed by atoms with E-state index in [0.29, 0.717) is 26.3 Å². The van der Waals surface area contributed by atoms with Crippen LogP contribution in [-0.4, -0.2) is 31.2 Å². The molecule has 1 aliphatic rings. The van der Waals surface area contributed by atoms with Gasteiger partial charge < -0.3 is 20.1 Å². The minimum atomic E-state index is 0. The molecular weight excluding hydrogens is 451 g/mol. The molecule has 2 heterocycles. The van der Waals surface area contributed by atoms with E-state index in [2.05, 4.69) is 27.5 Å². The van der Waals surface area contributed by atoms with Gasteiger partial charge in [-0.25, -0.2) is 4.98 Å². The molecule has 136 valence electrons. The van der Waals surface area contributed by atoms with E-state index in [1.54, 1.807) is 18.4 Å². The number of aromatic nitrogens is 1. The first-order chi connectivity index (χ1) is 11.7. The average Bonchev–Trinajstić information content (AvgIpc) is 2.87. The van der Waals surface area contributed by atoms with Crippen molar-refractivity contribution >= 4 is 41.3 Å². The van der Waals surface area contributed by atoms with Crippen LogP contribution in [0.1, 0.15) is 21.9 Å². The lowest BCUT2D eigenvalue weighted by Gasteiger charge is -2.13. The smallest absolute Gasteiger partial charge is 0.191 e. The summed E-state index contributed by atoms with van der Waals surface area (Å²) in [5.74, 6) is 2.38. The molecule has 0 saturated carbocycles. The number of nitrogens with zero attached hydrogens (tertiary/aromatic N) is 2. The first kappa shape index (κ1) is 19.8. The Bertz CT molecular complexity index is 720. The van der Waals surface area contributed by atoms with Crippen molar-refractivity contribution in [1.29, 1.82) is 0 Å². The fourth-order valence-corrected chi connectivity index (χ4v) is 3.09. The summed E-state index contributed by atoms with van der Waals surface area (Å²) in [6.07, 6.45) is 2.80. The summed E-state index contributed by atoms with van der Waals surface area (Å²) < 4.78 is 11.4. The summed E-state index contributed by atoms with van der Waals surface area (Å²) >= 11 is 1.69. The molecule has 1 aliphatic heterocycles. The molecule has 0 aliphatic carbocycles. The summed E-state index contributed by atoms with van der Waals surface area (Å²) in [5.41, 5.74) is 1.12. The van der Waals surface area contributed by atoms with Crippen molar-refractivity contribution in [1.82, 2.24) is 15.6 Å². The fourth-order valence-electron chi connectivity index (χ4n) is 2.37. The number of guanidine groups is 1. The van der Waals surface area contributed by atoms with Crippen molar-refractivity contribution in [3.63, 3.8) is 0 Å². The van der Waals surface area contributed by atoms with Crippen LogP contribution in [0.5, 0.6) is 11.5 Å². The number of halogens is 1. The van der Waals surface area contributed by atoms with E-state index in [-0.39, 0.29) is 24.0 Å². The largest absolute Gasteiger partial charge is 0.490 e. The van der Waals surface area contributed by atoms with Gasteiger partial charge in [0.05, 0.1) is 19.8 Å². The van der Waals surface area contributed by atoms with Crippen LogP contribution in [0.25, 0.3) is 0 Å². The van der Waals surface area contributed by atoms with Gasteiger partial charge in [-0.1, -0.05) is 6.07 Å². The molecule has 0 amide bonds. The Kier molecular flexibility index (Phi) is 7.76. The standard InChI is InChI=1S/C17H22N4O2S.HI/c1-12-9-19-16(24-12)11-21-17(18-2)20-10-13-4-5-14-15(8-13)23-7-3-6-22-14;/h4-5,8-9H,3,6-7,10-11H2,1-2H3,(H2,18,20,21);1H. The molecule has 2 aromatic rings. The van der Waals surface area contributed by atoms with E-state index in [1.807, 2.05) is 24.4 Å². The first-order valence-electron chi connectivity index (χ1n) is 7.99. The van der Waals surface area contributed by atoms with E-state index in [0.717, 1.165) is 34.5 Å². The van der Waals surface area contributed by atoms with Crippen LogP contribution >= 0.6 is 35.3 Å². The maximum absolute atomic E-state index is 5.72. The van der Waals surface area contributed by atoms with Gasteiger partial charge in [0, 0.05) is 31.1 Å². The number of hydrogen-bond donors (Lipinski definition) is 2. The highest BCUT2D eigenvalue weighted by Crippen LogP contribution is 2.30. The molecule has 0 saturated heterocycles. The van der Waals surface area contributed by atoms with Crippen LogP contribution in [0.2, 0.25) is 0 Å². The Morgan fingerprint density at radius 1 is 1.20 bits per heavy atom. The third-order valence-corrected chi connectivity index (χ3v) is 4.48. The highest BCUT2D eigenvalue weighted by atomic mass is 127. The van der Waals surface area contributed by atoms with Crippen molar-refractivity contribution in [2.45, 2.75) is 26.4 Å². The molecule has 6 nitrogen and oxygen atoms in total. The highest BCUT2D eigenvalue weighted by molar-refractivity contribution is 14.0. The molecule has 2 N–H and O–H groups in total. The number of fused-ring (bicyclic) bond motifs is 1. The molecular formula is C17H23IN4O2S. The zero-order valence-electron chi connectivity index (χ0n) is 14.4.